The fourth-order valence-corrected chi connectivity index (χ4v) is 10.8. The van der Waals surface area contributed by atoms with Gasteiger partial charge in [-0.15, -0.1) is 0 Å². The molecule has 0 heterocycles. The molecule has 4 rings (SSSR count). The van der Waals surface area contributed by atoms with Crippen LogP contribution in [-0.4, -0.2) is 69.2 Å². The zero-order valence-corrected chi connectivity index (χ0v) is 28.3. The Labute approximate surface area is 262 Å². The molecule has 0 unspecified atom stereocenters. The maximum absolute atomic E-state index is 5.92. The largest absolute Gasteiger partial charge is 0.497 e. The highest BCUT2D eigenvalue weighted by molar-refractivity contribution is 7.77. The molecule has 0 radical (unpaired) electrons. The van der Waals surface area contributed by atoms with Gasteiger partial charge in [-0.25, -0.2) is 0 Å². The predicted octanol–water partition coefficient (Wildman–Crippen LogP) is 5.32. The van der Waals surface area contributed by atoms with Gasteiger partial charge in [-0.05, 0) is 76.7 Å². The third kappa shape index (κ3) is 7.26. The zero-order chi connectivity index (χ0) is 31.6. The van der Waals surface area contributed by atoms with E-state index in [1.807, 2.05) is 48.5 Å². The van der Waals surface area contributed by atoms with Crippen LogP contribution in [0.5, 0.6) is 46.0 Å². The molecule has 0 aliphatic heterocycles. The van der Waals surface area contributed by atoms with Crippen LogP contribution in [0, 0.1) is 0 Å². The van der Waals surface area contributed by atoms with Crippen LogP contribution in [0.4, 0.5) is 0 Å². The molecule has 8 nitrogen and oxygen atoms in total. The molecule has 0 aliphatic carbocycles. The van der Waals surface area contributed by atoms with Crippen LogP contribution in [-0.2, 0) is 0 Å². The van der Waals surface area contributed by atoms with Crippen molar-refractivity contribution in [3.8, 4) is 46.0 Å². The number of methoxy groups -OCH3 is 8. The minimum absolute atomic E-state index is 0.732. The number of rotatable bonds is 15. The fraction of sp³-hybridized carbons (Fsp3) is 0.294. The Hall–Kier alpha value is -3.86. The van der Waals surface area contributed by atoms with E-state index in [9.17, 15) is 0 Å². The lowest BCUT2D eigenvalue weighted by atomic mass is 10.3. The second kappa shape index (κ2) is 15.7. The van der Waals surface area contributed by atoms with Gasteiger partial charge in [0.05, 0.1) is 56.9 Å². The summed E-state index contributed by atoms with van der Waals surface area (Å²) >= 11 is 0. The zero-order valence-electron chi connectivity index (χ0n) is 26.5. The summed E-state index contributed by atoms with van der Waals surface area (Å²) in [6.07, 6.45) is 1.63. The first-order valence-electron chi connectivity index (χ1n) is 13.9. The number of hydrogen-bond donors (Lipinski definition) is 0. The maximum Gasteiger partial charge on any atom is 0.130 e. The Kier molecular flexibility index (Phi) is 11.8. The average Bonchev–Trinajstić information content (AvgIpc) is 3.09. The summed E-state index contributed by atoms with van der Waals surface area (Å²) in [5, 5.41) is 4.35. The lowest BCUT2D eigenvalue weighted by Gasteiger charge is -2.28. The smallest absolute Gasteiger partial charge is 0.130 e. The van der Waals surface area contributed by atoms with E-state index in [-0.39, 0.29) is 0 Å². The highest BCUT2D eigenvalue weighted by Gasteiger charge is 2.28. The van der Waals surface area contributed by atoms with Crippen molar-refractivity contribution in [2.45, 2.75) is 0 Å². The Balaban J connectivity index is 1.88. The molecule has 0 N–H and O–H groups in total. The summed E-state index contributed by atoms with van der Waals surface area (Å²) in [4.78, 5) is 0. The van der Waals surface area contributed by atoms with E-state index in [1.165, 1.54) is 0 Å². The van der Waals surface area contributed by atoms with Gasteiger partial charge in [0.15, 0.2) is 0 Å². The molecule has 0 atom stereocenters. The van der Waals surface area contributed by atoms with Crippen molar-refractivity contribution < 1.29 is 37.9 Å². The molecule has 10 heteroatoms. The van der Waals surface area contributed by atoms with Crippen molar-refractivity contribution in [3.63, 3.8) is 0 Å². The van der Waals surface area contributed by atoms with Crippen LogP contribution in [0.25, 0.3) is 0 Å². The van der Waals surface area contributed by atoms with E-state index in [0.29, 0.717) is 0 Å². The summed E-state index contributed by atoms with van der Waals surface area (Å²) in [7, 11) is 11.4. The molecule has 0 aromatic heterocycles. The standard InChI is InChI=1S/C34H40O8P2/c1-35-23-9-13-31(27(19-23)39-5)43(32-14-10-24(36-2)20-28(32)40-6)17-18-44(33-15-11-25(37-3)21-29(33)41-7)34-16-12-26(38-4)22-30(34)42-8/h9-16,19-22H,17-18H2,1-8H3. The highest BCUT2D eigenvalue weighted by atomic mass is 31.1. The molecule has 0 saturated carbocycles. The minimum atomic E-state index is -0.974. The van der Waals surface area contributed by atoms with Crippen LogP contribution in [0.15, 0.2) is 72.8 Å². The van der Waals surface area contributed by atoms with Crippen molar-refractivity contribution in [2.24, 2.45) is 0 Å². The van der Waals surface area contributed by atoms with Crippen molar-refractivity contribution in [1.29, 1.82) is 0 Å². The van der Waals surface area contributed by atoms with E-state index in [2.05, 4.69) is 24.3 Å². The van der Waals surface area contributed by atoms with Crippen LogP contribution in [0.1, 0.15) is 0 Å². The first-order chi connectivity index (χ1) is 21.4. The third-order valence-corrected chi connectivity index (χ3v) is 12.8. The van der Waals surface area contributed by atoms with Crippen LogP contribution in [0.2, 0.25) is 0 Å². The van der Waals surface area contributed by atoms with E-state index in [4.69, 9.17) is 37.9 Å². The number of benzene rings is 4. The van der Waals surface area contributed by atoms with Gasteiger partial charge in [0.2, 0.25) is 0 Å². The Bertz CT molecular complexity index is 1320. The van der Waals surface area contributed by atoms with Gasteiger partial charge in [-0.1, -0.05) is 0 Å². The topological polar surface area (TPSA) is 73.8 Å². The molecule has 0 aliphatic rings. The first kappa shape index (κ1) is 33.0. The normalized spacial score (nSPS) is 10.9. The highest BCUT2D eigenvalue weighted by Crippen LogP contribution is 2.48. The molecule has 0 spiro atoms. The van der Waals surface area contributed by atoms with Gasteiger partial charge >= 0.3 is 0 Å². The van der Waals surface area contributed by atoms with Crippen LogP contribution in [0.3, 0.4) is 0 Å². The third-order valence-electron chi connectivity index (χ3n) is 7.26. The molecule has 4 aromatic carbocycles. The lowest BCUT2D eigenvalue weighted by molar-refractivity contribution is 0.395. The van der Waals surface area contributed by atoms with E-state index < -0.39 is 15.8 Å². The Morgan fingerprint density at radius 1 is 0.341 bits per heavy atom. The number of hydrogen-bond acceptors (Lipinski definition) is 8. The molecule has 4 aromatic rings. The molecule has 234 valence electrons. The maximum atomic E-state index is 5.92. The summed E-state index contributed by atoms with van der Waals surface area (Å²) in [5.74, 6) is 5.99. The van der Waals surface area contributed by atoms with Crippen molar-refractivity contribution in [2.75, 3.05) is 69.2 Å². The van der Waals surface area contributed by atoms with Gasteiger partial charge in [0.1, 0.15) is 46.0 Å². The molecule has 0 saturated heterocycles. The molecule has 0 amide bonds. The minimum Gasteiger partial charge on any atom is -0.497 e. The summed E-state index contributed by atoms with van der Waals surface area (Å²) in [6.45, 7) is 0. The Morgan fingerprint density at radius 3 is 0.750 bits per heavy atom. The van der Waals surface area contributed by atoms with Crippen molar-refractivity contribution in [1.82, 2.24) is 0 Å². The van der Waals surface area contributed by atoms with E-state index in [1.54, 1.807) is 56.9 Å². The molecule has 44 heavy (non-hydrogen) atoms. The van der Waals surface area contributed by atoms with Gasteiger partial charge in [0.25, 0.3) is 0 Å². The van der Waals surface area contributed by atoms with Crippen molar-refractivity contribution in [3.05, 3.63) is 72.8 Å². The van der Waals surface area contributed by atoms with E-state index in [0.717, 1.165) is 79.5 Å². The van der Waals surface area contributed by atoms with Crippen molar-refractivity contribution >= 4 is 37.1 Å². The monoisotopic (exact) mass is 638 g/mol. The summed E-state index contributed by atoms with van der Waals surface area (Å²) in [6, 6.07) is 24.0. The SMILES string of the molecule is COc1ccc(P(CCP(c2ccc(OC)cc2OC)c2ccc(OC)cc2OC)c2ccc(OC)cc2OC)c(OC)c1. The summed E-state index contributed by atoms with van der Waals surface area (Å²) < 4.78 is 45.7. The second-order valence-corrected chi connectivity index (χ2v) is 14.0. The Morgan fingerprint density at radius 2 is 0.568 bits per heavy atom. The van der Waals surface area contributed by atoms with Gasteiger partial charge in [-0.3, -0.25) is 0 Å². The first-order valence-corrected chi connectivity index (χ1v) is 16.9. The fourth-order valence-electron chi connectivity index (χ4n) is 4.97. The molecule has 0 fully saturated rings. The quantitative estimate of drug-likeness (QED) is 0.162. The van der Waals surface area contributed by atoms with E-state index >= 15 is 0 Å². The average molecular weight is 639 g/mol. The number of ether oxygens (including phenoxy) is 8. The predicted molar refractivity (Wildman–Crippen MR) is 180 cm³/mol. The van der Waals surface area contributed by atoms with Gasteiger partial charge < -0.3 is 37.9 Å². The van der Waals surface area contributed by atoms with Gasteiger partial charge in [0, 0.05) is 45.5 Å². The summed E-state index contributed by atoms with van der Waals surface area (Å²) in [5.41, 5.74) is 0. The molecular weight excluding hydrogens is 598 g/mol. The second-order valence-electron chi connectivity index (χ2n) is 9.45. The van der Waals surface area contributed by atoms with Crippen LogP contribution >= 0.6 is 15.8 Å². The molecular formula is C34H40O8P2. The van der Waals surface area contributed by atoms with Crippen LogP contribution < -0.4 is 59.1 Å². The lowest BCUT2D eigenvalue weighted by Crippen LogP contribution is -2.23. The molecule has 0 bridgehead atoms. The van der Waals surface area contributed by atoms with Gasteiger partial charge in [-0.2, -0.15) is 0 Å².